The van der Waals surface area contributed by atoms with E-state index < -0.39 is 0 Å². The molecule has 0 bridgehead atoms. The minimum absolute atomic E-state index is 0.236. The number of benzene rings is 2. The van der Waals surface area contributed by atoms with Gasteiger partial charge in [0.25, 0.3) is 6.47 Å². The van der Waals surface area contributed by atoms with Crippen LogP contribution in [0.5, 0.6) is 11.5 Å². The molecule has 2 N–H and O–H groups in total. The van der Waals surface area contributed by atoms with Crippen LogP contribution in [0.15, 0.2) is 65.7 Å². The van der Waals surface area contributed by atoms with E-state index in [0.29, 0.717) is 0 Å². The summed E-state index contributed by atoms with van der Waals surface area (Å²) in [6, 6.07) is 18.0. The highest BCUT2D eigenvalue weighted by molar-refractivity contribution is 8.02. The minimum Gasteiger partial charge on any atom is -0.483 e. The first-order chi connectivity index (χ1) is 11.7. The van der Waals surface area contributed by atoms with Crippen molar-refractivity contribution in [2.75, 3.05) is 0 Å². The SMILES string of the molecule is CC.CC1=CSC(c2ccccc2Oc2ccccc2)N1.O=CO. The Kier molecular flexibility index (Phi) is 9.16. The van der Waals surface area contributed by atoms with Gasteiger partial charge >= 0.3 is 0 Å². The molecule has 0 fully saturated rings. The highest BCUT2D eigenvalue weighted by atomic mass is 32.2. The fraction of sp³-hybridized carbons (Fsp3) is 0.211. The Bertz CT molecular complexity index is 644. The van der Waals surface area contributed by atoms with E-state index in [1.54, 1.807) is 11.8 Å². The van der Waals surface area contributed by atoms with Gasteiger partial charge < -0.3 is 15.2 Å². The van der Waals surface area contributed by atoms with E-state index in [1.807, 2.05) is 62.4 Å². The summed E-state index contributed by atoms with van der Waals surface area (Å²) in [6.07, 6.45) is 0. The van der Waals surface area contributed by atoms with Crippen LogP contribution in [-0.4, -0.2) is 11.6 Å². The van der Waals surface area contributed by atoms with Gasteiger partial charge in [0.2, 0.25) is 0 Å². The number of hydrogen-bond donors (Lipinski definition) is 2. The van der Waals surface area contributed by atoms with Crippen molar-refractivity contribution in [3.8, 4) is 11.5 Å². The van der Waals surface area contributed by atoms with Crippen molar-refractivity contribution in [2.24, 2.45) is 0 Å². The molecule has 0 aliphatic carbocycles. The van der Waals surface area contributed by atoms with Crippen molar-refractivity contribution >= 4 is 18.2 Å². The summed E-state index contributed by atoms with van der Waals surface area (Å²) in [5, 5.41) is 12.7. The van der Waals surface area contributed by atoms with E-state index in [4.69, 9.17) is 14.6 Å². The Morgan fingerprint density at radius 3 is 2.25 bits per heavy atom. The number of allylic oxidation sites excluding steroid dienone is 1. The lowest BCUT2D eigenvalue weighted by Crippen LogP contribution is -2.11. The highest BCUT2D eigenvalue weighted by Gasteiger charge is 2.19. The third-order valence-electron chi connectivity index (χ3n) is 2.91. The van der Waals surface area contributed by atoms with Crippen molar-refractivity contribution in [1.29, 1.82) is 0 Å². The zero-order chi connectivity index (χ0) is 17.8. The Labute approximate surface area is 147 Å². The number of rotatable bonds is 3. The second-order valence-electron chi connectivity index (χ2n) is 4.52. The molecule has 3 rings (SSSR count). The van der Waals surface area contributed by atoms with Gasteiger partial charge in [-0.3, -0.25) is 4.79 Å². The zero-order valence-electron chi connectivity index (χ0n) is 14.1. The maximum Gasteiger partial charge on any atom is 0.290 e. The molecule has 0 amide bonds. The van der Waals surface area contributed by atoms with Crippen molar-refractivity contribution in [3.63, 3.8) is 0 Å². The average molecular weight is 345 g/mol. The molecule has 0 saturated carbocycles. The van der Waals surface area contributed by atoms with Gasteiger partial charge in [-0.1, -0.05) is 50.2 Å². The van der Waals surface area contributed by atoms with Crippen LogP contribution in [-0.2, 0) is 4.79 Å². The van der Waals surface area contributed by atoms with Crippen LogP contribution in [0.25, 0.3) is 0 Å². The molecule has 0 radical (unpaired) electrons. The van der Waals surface area contributed by atoms with Crippen LogP contribution in [0, 0.1) is 0 Å². The van der Waals surface area contributed by atoms with Crippen LogP contribution in [0.4, 0.5) is 0 Å². The molecule has 2 aromatic carbocycles. The Morgan fingerprint density at radius 1 is 1.08 bits per heavy atom. The quantitative estimate of drug-likeness (QED) is 0.729. The molecule has 1 aliphatic rings. The molecule has 1 unspecified atom stereocenters. The maximum absolute atomic E-state index is 8.36. The predicted octanol–water partition coefficient (Wildman–Crippen LogP) is 5.40. The van der Waals surface area contributed by atoms with Gasteiger partial charge in [0.1, 0.15) is 16.9 Å². The van der Waals surface area contributed by atoms with Crippen LogP contribution in [0.3, 0.4) is 0 Å². The topological polar surface area (TPSA) is 58.6 Å². The molecule has 4 nitrogen and oxygen atoms in total. The van der Waals surface area contributed by atoms with Crippen molar-refractivity contribution in [2.45, 2.75) is 26.1 Å². The van der Waals surface area contributed by atoms with Crippen molar-refractivity contribution < 1.29 is 14.6 Å². The lowest BCUT2D eigenvalue weighted by atomic mass is 10.2. The van der Waals surface area contributed by atoms with E-state index in [-0.39, 0.29) is 11.8 Å². The molecule has 128 valence electrons. The molecule has 1 atom stereocenters. The summed E-state index contributed by atoms with van der Waals surface area (Å²) in [6.45, 7) is 5.83. The van der Waals surface area contributed by atoms with Crippen molar-refractivity contribution in [1.82, 2.24) is 5.32 Å². The summed E-state index contributed by atoms with van der Waals surface area (Å²) in [5.74, 6) is 1.77. The lowest BCUT2D eigenvalue weighted by Gasteiger charge is -2.16. The number of carbonyl (C=O) groups is 1. The first kappa shape index (κ1) is 19.6. The van der Waals surface area contributed by atoms with E-state index in [0.717, 1.165) is 11.5 Å². The summed E-state index contributed by atoms with van der Waals surface area (Å²) >= 11 is 1.78. The average Bonchev–Trinajstić information content (AvgIpc) is 3.05. The smallest absolute Gasteiger partial charge is 0.290 e. The molecular formula is C19H23NO3S. The standard InChI is InChI=1S/C16H15NOS.C2H6.CH2O2/c1-12-11-19-16(17-12)14-9-5-6-10-15(14)18-13-7-3-2-4-8-13;1-2;2-1-3/h2-11,16-17H,1H3;1-2H3;1H,(H,2,3). The van der Waals surface area contributed by atoms with E-state index >= 15 is 0 Å². The summed E-state index contributed by atoms with van der Waals surface area (Å²) < 4.78 is 5.98. The fourth-order valence-corrected chi connectivity index (χ4v) is 3.01. The minimum atomic E-state index is -0.250. The summed E-state index contributed by atoms with van der Waals surface area (Å²) in [5.41, 5.74) is 2.37. The Hall–Kier alpha value is -2.40. The van der Waals surface area contributed by atoms with Crippen LogP contribution >= 0.6 is 11.8 Å². The summed E-state index contributed by atoms with van der Waals surface area (Å²) in [4.78, 5) is 8.36. The maximum atomic E-state index is 8.36. The number of hydrogen-bond acceptors (Lipinski definition) is 4. The first-order valence-electron chi connectivity index (χ1n) is 7.73. The molecule has 0 aromatic heterocycles. The zero-order valence-corrected chi connectivity index (χ0v) is 14.9. The Morgan fingerprint density at radius 2 is 1.67 bits per heavy atom. The molecule has 0 spiro atoms. The predicted molar refractivity (Wildman–Crippen MR) is 100 cm³/mol. The third-order valence-corrected chi connectivity index (χ3v) is 4.05. The largest absolute Gasteiger partial charge is 0.483 e. The Balaban J connectivity index is 0.000000521. The first-order valence-corrected chi connectivity index (χ1v) is 8.67. The number of para-hydroxylation sites is 2. The molecular weight excluding hydrogens is 322 g/mol. The van der Waals surface area contributed by atoms with Crippen LogP contribution in [0.2, 0.25) is 0 Å². The molecule has 24 heavy (non-hydrogen) atoms. The van der Waals surface area contributed by atoms with Gasteiger partial charge in [0.15, 0.2) is 0 Å². The number of ether oxygens (including phenoxy) is 1. The number of carboxylic acid groups (broad SMARTS) is 1. The van der Waals surface area contributed by atoms with Gasteiger partial charge in [-0.05, 0) is 30.5 Å². The molecule has 1 aliphatic heterocycles. The van der Waals surface area contributed by atoms with Gasteiger partial charge in [0.05, 0.1) is 0 Å². The van der Waals surface area contributed by atoms with Crippen LogP contribution < -0.4 is 10.1 Å². The van der Waals surface area contributed by atoms with E-state index in [9.17, 15) is 0 Å². The normalized spacial score (nSPS) is 14.8. The van der Waals surface area contributed by atoms with Crippen LogP contribution in [0.1, 0.15) is 31.7 Å². The second-order valence-corrected chi connectivity index (χ2v) is 5.50. The lowest BCUT2D eigenvalue weighted by molar-refractivity contribution is -0.122. The van der Waals surface area contributed by atoms with E-state index in [2.05, 4.69) is 23.7 Å². The molecule has 1 heterocycles. The second kappa shape index (κ2) is 11.2. The number of thioether (sulfide) groups is 1. The van der Waals surface area contributed by atoms with Gasteiger partial charge in [-0.2, -0.15) is 0 Å². The highest BCUT2D eigenvalue weighted by Crippen LogP contribution is 2.39. The number of nitrogens with one attached hydrogen (secondary N) is 1. The third kappa shape index (κ3) is 6.01. The van der Waals surface area contributed by atoms with Gasteiger partial charge in [0, 0.05) is 11.3 Å². The fourth-order valence-electron chi connectivity index (χ4n) is 2.00. The molecule has 0 saturated heterocycles. The van der Waals surface area contributed by atoms with E-state index in [1.165, 1.54) is 11.3 Å². The van der Waals surface area contributed by atoms with Gasteiger partial charge in [-0.25, -0.2) is 0 Å². The summed E-state index contributed by atoms with van der Waals surface area (Å²) in [7, 11) is 0. The molecule has 2 aromatic rings. The molecule has 5 heteroatoms. The van der Waals surface area contributed by atoms with Crippen molar-refractivity contribution in [3.05, 3.63) is 71.3 Å². The monoisotopic (exact) mass is 345 g/mol. The van der Waals surface area contributed by atoms with Gasteiger partial charge in [-0.15, -0.1) is 11.8 Å².